The number of morpholine rings is 1. The molecule has 0 bridgehead atoms. The van der Waals surface area contributed by atoms with Gasteiger partial charge in [-0.1, -0.05) is 0 Å². The van der Waals surface area contributed by atoms with E-state index in [0.717, 1.165) is 10.9 Å². The quantitative estimate of drug-likeness (QED) is 0.735. The molecule has 3 rings (SSSR count). The number of H-pyrrole nitrogens is 1. The van der Waals surface area contributed by atoms with Crippen LogP contribution < -0.4 is 5.32 Å². The van der Waals surface area contributed by atoms with E-state index in [0.29, 0.717) is 32.0 Å². The summed E-state index contributed by atoms with van der Waals surface area (Å²) in [6.07, 6.45) is 1.69. The summed E-state index contributed by atoms with van der Waals surface area (Å²) in [6, 6.07) is 5.31. The van der Waals surface area contributed by atoms with Crippen LogP contribution in [0.1, 0.15) is 0 Å². The summed E-state index contributed by atoms with van der Waals surface area (Å²) in [5, 5.41) is 10.3. The summed E-state index contributed by atoms with van der Waals surface area (Å²) in [7, 11) is 0. The molecule has 1 aliphatic heterocycles. The second-order valence-corrected chi connectivity index (χ2v) is 4.53. The summed E-state index contributed by atoms with van der Waals surface area (Å²) in [6.45, 7) is 1.84. The maximum Gasteiger partial charge on any atom is 0.313 e. The molecule has 20 heavy (non-hydrogen) atoms. The number of hydrogen-bond acceptors (Lipinski definition) is 4. The van der Waals surface area contributed by atoms with Gasteiger partial charge in [0.05, 0.1) is 24.9 Å². The Hall–Kier alpha value is -2.41. The third kappa shape index (κ3) is 2.48. The predicted molar refractivity (Wildman–Crippen MR) is 72.1 cm³/mol. The van der Waals surface area contributed by atoms with Gasteiger partial charge in [-0.3, -0.25) is 14.7 Å². The van der Waals surface area contributed by atoms with E-state index in [1.54, 1.807) is 18.3 Å². The number of aromatic nitrogens is 2. The van der Waals surface area contributed by atoms with Crippen molar-refractivity contribution >= 4 is 28.4 Å². The Morgan fingerprint density at radius 2 is 2.10 bits per heavy atom. The van der Waals surface area contributed by atoms with E-state index >= 15 is 0 Å². The van der Waals surface area contributed by atoms with Crippen LogP contribution in [-0.4, -0.2) is 53.2 Å². The zero-order chi connectivity index (χ0) is 13.9. The van der Waals surface area contributed by atoms with Crippen molar-refractivity contribution in [1.29, 1.82) is 0 Å². The van der Waals surface area contributed by atoms with Crippen molar-refractivity contribution in [2.24, 2.45) is 0 Å². The number of amides is 2. The number of benzene rings is 1. The number of nitrogens with zero attached hydrogens (tertiary/aromatic N) is 2. The Kier molecular flexibility index (Phi) is 3.34. The SMILES string of the molecule is O=C(Nc1ccc2cn[nH]c2c1)C(=O)N1CCOCC1. The highest BCUT2D eigenvalue weighted by atomic mass is 16.5. The summed E-state index contributed by atoms with van der Waals surface area (Å²) in [4.78, 5) is 25.4. The molecule has 0 radical (unpaired) electrons. The second-order valence-electron chi connectivity index (χ2n) is 4.53. The Morgan fingerprint density at radius 3 is 2.90 bits per heavy atom. The van der Waals surface area contributed by atoms with Crippen LogP contribution in [0.4, 0.5) is 5.69 Å². The summed E-state index contributed by atoms with van der Waals surface area (Å²) >= 11 is 0. The molecule has 2 N–H and O–H groups in total. The fourth-order valence-corrected chi connectivity index (χ4v) is 2.11. The van der Waals surface area contributed by atoms with Crippen LogP contribution in [-0.2, 0) is 14.3 Å². The van der Waals surface area contributed by atoms with Crippen LogP contribution in [0.25, 0.3) is 10.9 Å². The lowest BCUT2D eigenvalue weighted by molar-refractivity contribution is -0.145. The number of rotatable bonds is 1. The normalized spacial score (nSPS) is 15.3. The molecule has 1 aromatic heterocycles. The first kappa shape index (κ1) is 12.6. The monoisotopic (exact) mass is 274 g/mol. The van der Waals surface area contributed by atoms with Crippen LogP contribution in [0.3, 0.4) is 0 Å². The minimum Gasteiger partial charge on any atom is -0.378 e. The van der Waals surface area contributed by atoms with Crippen molar-refractivity contribution in [3.8, 4) is 0 Å². The van der Waals surface area contributed by atoms with Crippen LogP contribution in [0, 0.1) is 0 Å². The van der Waals surface area contributed by atoms with E-state index in [-0.39, 0.29) is 0 Å². The molecule has 0 unspecified atom stereocenters. The smallest absolute Gasteiger partial charge is 0.313 e. The van der Waals surface area contributed by atoms with Crippen LogP contribution in [0.2, 0.25) is 0 Å². The van der Waals surface area contributed by atoms with Crippen molar-refractivity contribution < 1.29 is 14.3 Å². The highest BCUT2D eigenvalue weighted by Crippen LogP contribution is 2.16. The molecule has 1 aromatic carbocycles. The largest absolute Gasteiger partial charge is 0.378 e. The predicted octanol–water partition coefficient (Wildman–Crippen LogP) is 0.360. The lowest BCUT2D eigenvalue weighted by Crippen LogP contribution is -2.45. The molecule has 7 nitrogen and oxygen atoms in total. The summed E-state index contributed by atoms with van der Waals surface area (Å²) < 4.78 is 5.15. The zero-order valence-corrected chi connectivity index (χ0v) is 10.8. The molecule has 1 saturated heterocycles. The Balaban J connectivity index is 1.69. The van der Waals surface area contributed by atoms with Gasteiger partial charge in [0.2, 0.25) is 0 Å². The fraction of sp³-hybridized carbons (Fsp3) is 0.308. The highest BCUT2D eigenvalue weighted by Gasteiger charge is 2.23. The first-order valence-corrected chi connectivity index (χ1v) is 6.35. The van der Waals surface area contributed by atoms with Crippen LogP contribution in [0.15, 0.2) is 24.4 Å². The van der Waals surface area contributed by atoms with Gasteiger partial charge in [0, 0.05) is 24.2 Å². The number of nitrogens with one attached hydrogen (secondary N) is 2. The van der Waals surface area contributed by atoms with Gasteiger partial charge < -0.3 is 15.0 Å². The molecular formula is C13H14N4O3. The number of fused-ring (bicyclic) bond motifs is 1. The van der Waals surface area contributed by atoms with E-state index in [4.69, 9.17) is 4.74 Å². The Bertz CT molecular complexity index is 646. The molecule has 0 atom stereocenters. The van der Waals surface area contributed by atoms with Gasteiger partial charge in [-0.25, -0.2) is 0 Å². The first-order chi connectivity index (χ1) is 9.74. The van der Waals surface area contributed by atoms with Gasteiger partial charge >= 0.3 is 11.8 Å². The van der Waals surface area contributed by atoms with Gasteiger partial charge in [0.25, 0.3) is 0 Å². The second kappa shape index (κ2) is 5.30. The molecule has 104 valence electrons. The van der Waals surface area contributed by atoms with Crippen molar-refractivity contribution in [2.75, 3.05) is 31.6 Å². The number of anilines is 1. The Morgan fingerprint density at radius 1 is 1.30 bits per heavy atom. The molecule has 2 amide bonds. The van der Waals surface area contributed by atoms with E-state index in [2.05, 4.69) is 15.5 Å². The lowest BCUT2D eigenvalue weighted by atomic mass is 10.2. The number of ether oxygens (including phenoxy) is 1. The van der Waals surface area contributed by atoms with Crippen LogP contribution >= 0.6 is 0 Å². The average Bonchev–Trinajstić information content (AvgIpc) is 2.95. The number of carbonyl (C=O) groups is 2. The van der Waals surface area contributed by atoms with E-state index in [1.807, 2.05) is 6.07 Å². The minimum absolute atomic E-state index is 0.450. The van der Waals surface area contributed by atoms with Crippen LogP contribution in [0.5, 0.6) is 0 Å². The molecule has 7 heteroatoms. The number of aromatic amines is 1. The van der Waals surface area contributed by atoms with Gasteiger partial charge in [-0.2, -0.15) is 5.10 Å². The van der Waals surface area contributed by atoms with E-state index in [1.165, 1.54) is 4.90 Å². The Labute approximate surface area is 114 Å². The van der Waals surface area contributed by atoms with E-state index in [9.17, 15) is 9.59 Å². The fourth-order valence-electron chi connectivity index (χ4n) is 2.11. The summed E-state index contributed by atoms with van der Waals surface area (Å²) in [5.74, 6) is -1.16. The summed E-state index contributed by atoms with van der Waals surface area (Å²) in [5.41, 5.74) is 1.37. The topological polar surface area (TPSA) is 87.3 Å². The van der Waals surface area contributed by atoms with Crippen molar-refractivity contribution in [3.05, 3.63) is 24.4 Å². The van der Waals surface area contributed by atoms with Crippen molar-refractivity contribution in [1.82, 2.24) is 15.1 Å². The number of hydrogen-bond donors (Lipinski definition) is 2. The molecule has 0 spiro atoms. The van der Waals surface area contributed by atoms with E-state index < -0.39 is 11.8 Å². The molecule has 1 fully saturated rings. The van der Waals surface area contributed by atoms with Crippen molar-refractivity contribution in [2.45, 2.75) is 0 Å². The maximum absolute atomic E-state index is 12.0. The molecule has 1 aliphatic rings. The molecular weight excluding hydrogens is 260 g/mol. The number of carbonyl (C=O) groups excluding carboxylic acids is 2. The van der Waals surface area contributed by atoms with Gasteiger partial charge in [-0.15, -0.1) is 0 Å². The minimum atomic E-state index is -0.634. The van der Waals surface area contributed by atoms with Gasteiger partial charge in [0.15, 0.2) is 0 Å². The third-order valence-corrected chi connectivity index (χ3v) is 3.19. The highest BCUT2D eigenvalue weighted by molar-refractivity contribution is 6.39. The lowest BCUT2D eigenvalue weighted by Gasteiger charge is -2.26. The molecule has 0 aliphatic carbocycles. The molecule has 0 saturated carbocycles. The standard InChI is InChI=1S/C13H14N4O3/c18-12(13(19)17-3-5-20-6-4-17)15-10-2-1-9-8-14-16-11(9)7-10/h1-2,7-8H,3-6H2,(H,14,16)(H,15,18). The van der Waals surface area contributed by atoms with Gasteiger partial charge in [-0.05, 0) is 18.2 Å². The first-order valence-electron chi connectivity index (χ1n) is 6.35. The molecule has 2 heterocycles. The maximum atomic E-state index is 12.0. The van der Waals surface area contributed by atoms with Gasteiger partial charge in [0.1, 0.15) is 0 Å². The molecule has 2 aromatic rings. The zero-order valence-electron chi connectivity index (χ0n) is 10.8. The average molecular weight is 274 g/mol. The third-order valence-electron chi connectivity index (χ3n) is 3.19. The van der Waals surface area contributed by atoms with Crippen molar-refractivity contribution in [3.63, 3.8) is 0 Å².